The molecule has 0 atom stereocenters. The second-order valence-corrected chi connectivity index (χ2v) is 2.83. The molecule has 1 aromatic rings. The molecule has 0 saturated carbocycles. The van der Waals surface area contributed by atoms with Crippen LogP contribution in [0.3, 0.4) is 0 Å². The number of carbonyl (C=O) groups excluding carboxylic acids is 1. The molecule has 0 fully saturated rings. The molecule has 1 N–H and O–H groups in total. The molecule has 1 aromatic carbocycles. The van der Waals surface area contributed by atoms with Gasteiger partial charge in [-0.15, -0.1) is 6.58 Å². The Morgan fingerprint density at radius 3 is 2.62 bits per heavy atom. The van der Waals surface area contributed by atoms with Crippen LogP contribution in [-0.2, 0) is 11.2 Å². The van der Waals surface area contributed by atoms with E-state index >= 15 is 0 Å². The van der Waals surface area contributed by atoms with Gasteiger partial charge in [-0.25, -0.2) is 4.79 Å². The standard InChI is InChI=1S/C11H12O3.C2H6/c1-3-4-8-7-9(11(13)14-2)5-6-10(8)12;1-2/h3,5-7,12H,1,4H2,2H3;1-2H3. The highest BCUT2D eigenvalue weighted by Gasteiger charge is 2.07. The highest BCUT2D eigenvalue weighted by atomic mass is 16.5. The van der Waals surface area contributed by atoms with Gasteiger partial charge >= 0.3 is 5.97 Å². The Balaban J connectivity index is 0.00000106. The van der Waals surface area contributed by atoms with Crippen LogP contribution in [0, 0.1) is 0 Å². The van der Waals surface area contributed by atoms with Crippen LogP contribution in [0.4, 0.5) is 0 Å². The van der Waals surface area contributed by atoms with E-state index in [-0.39, 0.29) is 5.75 Å². The first-order valence-electron chi connectivity index (χ1n) is 5.20. The van der Waals surface area contributed by atoms with E-state index in [4.69, 9.17) is 0 Å². The predicted octanol–water partition coefficient (Wildman–Crippen LogP) is 2.93. The van der Waals surface area contributed by atoms with Crippen LogP contribution in [0.25, 0.3) is 0 Å². The van der Waals surface area contributed by atoms with Crippen molar-refractivity contribution in [2.75, 3.05) is 7.11 Å². The maximum atomic E-state index is 11.2. The van der Waals surface area contributed by atoms with Gasteiger partial charge in [0.15, 0.2) is 0 Å². The summed E-state index contributed by atoms with van der Waals surface area (Å²) in [4.78, 5) is 11.2. The Hall–Kier alpha value is -1.77. The molecule has 88 valence electrons. The average molecular weight is 222 g/mol. The van der Waals surface area contributed by atoms with Crippen molar-refractivity contribution in [1.29, 1.82) is 0 Å². The number of methoxy groups -OCH3 is 1. The molecule has 3 nitrogen and oxygen atoms in total. The van der Waals surface area contributed by atoms with Crippen molar-refractivity contribution in [2.45, 2.75) is 20.3 Å². The normalized spacial score (nSPS) is 8.69. The van der Waals surface area contributed by atoms with Gasteiger partial charge in [0.05, 0.1) is 12.7 Å². The van der Waals surface area contributed by atoms with Crippen LogP contribution in [0.2, 0.25) is 0 Å². The molecule has 0 aliphatic heterocycles. The summed E-state index contributed by atoms with van der Waals surface area (Å²) < 4.78 is 4.56. The van der Waals surface area contributed by atoms with Crippen molar-refractivity contribution in [2.24, 2.45) is 0 Å². The van der Waals surface area contributed by atoms with E-state index in [2.05, 4.69) is 11.3 Å². The average Bonchev–Trinajstić information content (AvgIpc) is 2.34. The summed E-state index contributed by atoms with van der Waals surface area (Å²) in [6.45, 7) is 7.56. The second kappa shape index (κ2) is 7.51. The van der Waals surface area contributed by atoms with Gasteiger partial charge in [0, 0.05) is 0 Å². The van der Waals surface area contributed by atoms with Gasteiger partial charge in [-0.05, 0) is 30.2 Å². The molecular formula is C13H18O3. The number of rotatable bonds is 3. The van der Waals surface area contributed by atoms with Gasteiger partial charge < -0.3 is 9.84 Å². The van der Waals surface area contributed by atoms with E-state index < -0.39 is 5.97 Å². The van der Waals surface area contributed by atoms with Crippen LogP contribution in [-0.4, -0.2) is 18.2 Å². The molecule has 0 radical (unpaired) electrons. The third kappa shape index (κ3) is 3.77. The lowest BCUT2D eigenvalue weighted by atomic mass is 10.1. The van der Waals surface area contributed by atoms with Crippen LogP contribution in [0.1, 0.15) is 29.8 Å². The Kier molecular flexibility index (Phi) is 6.68. The zero-order chi connectivity index (χ0) is 12.6. The number of hydrogen-bond acceptors (Lipinski definition) is 3. The van der Waals surface area contributed by atoms with Crippen molar-refractivity contribution in [3.8, 4) is 5.75 Å². The Morgan fingerprint density at radius 1 is 1.50 bits per heavy atom. The van der Waals surface area contributed by atoms with Gasteiger partial charge in [0.1, 0.15) is 5.75 Å². The molecule has 0 bridgehead atoms. The van der Waals surface area contributed by atoms with E-state index in [1.165, 1.54) is 19.2 Å². The molecule has 0 spiro atoms. The van der Waals surface area contributed by atoms with Crippen LogP contribution >= 0.6 is 0 Å². The molecule has 0 aliphatic carbocycles. The number of phenols is 1. The fourth-order valence-corrected chi connectivity index (χ4v) is 1.15. The van der Waals surface area contributed by atoms with Crippen molar-refractivity contribution in [1.82, 2.24) is 0 Å². The Morgan fingerprint density at radius 2 is 2.12 bits per heavy atom. The summed E-state index contributed by atoms with van der Waals surface area (Å²) in [5.74, 6) is -0.243. The molecule has 0 unspecified atom stereocenters. The molecule has 0 aliphatic rings. The minimum atomic E-state index is -0.407. The van der Waals surface area contributed by atoms with Crippen molar-refractivity contribution < 1.29 is 14.6 Å². The van der Waals surface area contributed by atoms with E-state index in [0.717, 1.165) is 0 Å². The fourth-order valence-electron chi connectivity index (χ4n) is 1.15. The zero-order valence-electron chi connectivity index (χ0n) is 9.99. The second-order valence-electron chi connectivity index (χ2n) is 2.83. The molecule has 0 heterocycles. The number of hydrogen-bond donors (Lipinski definition) is 1. The Bertz CT molecular complexity index is 356. The van der Waals surface area contributed by atoms with Gasteiger partial charge in [-0.1, -0.05) is 19.9 Å². The topological polar surface area (TPSA) is 46.5 Å². The summed E-state index contributed by atoms with van der Waals surface area (Å²) in [7, 11) is 1.32. The van der Waals surface area contributed by atoms with Crippen molar-refractivity contribution >= 4 is 5.97 Å². The number of esters is 1. The highest BCUT2D eigenvalue weighted by molar-refractivity contribution is 5.89. The molecular weight excluding hydrogens is 204 g/mol. The van der Waals surface area contributed by atoms with Crippen LogP contribution in [0.5, 0.6) is 5.75 Å². The summed E-state index contributed by atoms with van der Waals surface area (Å²) >= 11 is 0. The van der Waals surface area contributed by atoms with Gasteiger partial charge in [-0.3, -0.25) is 0 Å². The van der Waals surface area contributed by atoms with Gasteiger partial charge in [0.2, 0.25) is 0 Å². The lowest BCUT2D eigenvalue weighted by Gasteiger charge is -2.04. The smallest absolute Gasteiger partial charge is 0.337 e. The van der Waals surface area contributed by atoms with E-state index in [0.29, 0.717) is 17.5 Å². The lowest BCUT2D eigenvalue weighted by molar-refractivity contribution is 0.0600. The quantitative estimate of drug-likeness (QED) is 0.631. The number of phenolic OH excluding ortho intramolecular Hbond substituents is 1. The maximum absolute atomic E-state index is 11.2. The number of ether oxygens (including phenoxy) is 1. The summed E-state index contributed by atoms with van der Waals surface area (Å²) in [6, 6.07) is 4.60. The predicted molar refractivity (Wildman–Crippen MR) is 64.7 cm³/mol. The Labute approximate surface area is 96.4 Å². The third-order valence-corrected chi connectivity index (χ3v) is 1.86. The summed E-state index contributed by atoms with van der Waals surface area (Å²) in [6.07, 6.45) is 2.19. The van der Waals surface area contributed by atoms with Crippen LogP contribution in [0.15, 0.2) is 30.9 Å². The molecule has 0 aromatic heterocycles. The first-order valence-corrected chi connectivity index (χ1v) is 5.20. The molecule has 0 saturated heterocycles. The lowest BCUT2D eigenvalue weighted by Crippen LogP contribution is -2.01. The van der Waals surface area contributed by atoms with Gasteiger partial charge in [0.25, 0.3) is 0 Å². The van der Waals surface area contributed by atoms with Crippen LogP contribution < -0.4 is 0 Å². The van der Waals surface area contributed by atoms with E-state index in [9.17, 15) is 9.90 Å². The molecule has 3 heteroatoms. The fraction of sp³-hybridized carbons (Fsp3) is 0.308. The van der Waals surface area contributed by atoms with E-state index in [1.54, 1.807) is 12.1 Å². The molecule has 0 amide bonds. The van der Waals surface area contributed by atoms with Gasteiger partial charge in [-0.2, -0.15) is 0 Å². The highest BCUT2D eigenvalue weighted by Crippen LogP contribution is 2.19. The first-order chi connectivity index (χ1) is 7.69. The monoisotopic (exact) mass is 222 g/mol. The summed E-state index contributed by atoms with van der Waals surface area (Å²) in [5.41, 5.74) is 1.10. The molecule has 1 rings (SSSR count). The third-order valence-electron chi connectivity index (χ3n) is 1.86. The summed E-state index contributed by atoms with van der Waals surface area (Å²) in [5, 5.41) is 9.42. The number of carbonyl (C=O) groups is 1. The first kappa shape index (κ1) is 14.2. The molecule has 16 heavy (non-hydrogen) atoms. The zero-order valence-corrected chi connectivity index (χ0v) is 9.99. The maximum Gasteiger partial charge on any atom is 0.337 e. The number of allylic oxidation sites excluding steroid dienone is 1. The minimum Gasteiger partial charge on any atom is -0.508 e. The SMILES string of the molecule is C=CCc1cc(C(=O)OC)ccc1O.CC. The van der Waals surface area contributed by atoms with Crippen molar-refractivity contribution in [3.05, 3.63) is 42.0 Å². The van der Waals surface area contributed by atoms with Crippen molar-refractivity contribution in [3.63, 3.8) is 0 Å². The number of benzene rings is 1. The minimum absolute atomic E-state index is 0.164. The largest absolute Gasteiger partial charge is 0.508 e. The van der Waals surface area contributed by atoms with E-state index in [1.807, 2.05) is 13.8 Å². The number of aromatic hydroxyl groups is 1.